The molecule has 2 atom stereocenters. The standard InChI is InChI=1S/C19H29N3O3S.ClH/c1-19(14-20,17-9-10-17)21-18(23)16-8-5-11-22(12-16)26(24,25)13-15-6-3-2-4-7-15;/h2-4,6-7,16-17H,5,8-14,20H2,1H3,(H,21,23);1H. The van der Waals surface area contributed by atoms with Crippen molar-refractivity contribution >= 4 is 28.3 Å². The van der Waals surface area contributed by atoms with Crippen molar-refractivity contribution in [1.29, 1.82) is 0 Å². The predicted molar refractivity (Wildman–Crippen MR) is 109 cm³/mol. The number of rotatable bonds is 7. The van der Waals surface area contributed by atoms with E-state index < -0.39 is 10.0 Å². The third-order valence-corrected chi connectivity index (χ3v) is 7.47. The van der Waals surface area contributed by atoms with E-state index in [9.17, 15) is 13.2 Å². The zero-order valence-electron chi connectivity index (χ0n) is 15.8. The van der Waals surface area contributed by atoms with Gasteiger partial charge in [-0.05, 0) is 44.1 Å². The number of sulfonamides is 1. The highest BCUT2D eigenvalue weighted by Crippen LogP contribution is 2.39. The van der Waals surface area contributed by atoms with Gasteiger partial charge in [0.25, 0.3) is 0 Å². The Balaban J connectivity index is 0.00000261. The predicted octanol–water partition coefficient (Wildman–Crippen LogP) is 1.89. The molecule has 1 aromatic carbocycles. The van der Waals surface area contributed by atoms with Crippen molar-refractivity contribution < 1.29 is 13.2 Å². The lowest BCUT2D eigenvalue weighted by molar-refractivity contribution is -0.128. The maximum Gasteiger partial charge on any atom is 0.224 e. The molecular weight excluding hydrogens is 386 g/mol. The summed E-state index contributed by atoms with van der Waals surface area (Å²) in [4.78, 5) is 12.7. The fourth-order valence-corrected chi connectivity index (χ4v) is 5.32. The number of nitrogens with two attached hydrogens (primary N) is 1. The molecule has 0 aromatic heterocycles. The van der Waals surface area contributed by atoms with Crippen LogP contribution in [0.2, 0.25) is 0 Å². The van der Waals surface area contributed by atoms with E-state index in [1.54, 1.807) is 0 Å². The van der Waals surface area contributed by atoms with Gasteiger partial charge in [0, 0.05) is 19.6 Å². The number of piperidine rings is 1. The van der Waals surface area contributed by atoms with Crippen LogP contribution >= 0.6 is 12.4 Å². The minimum absolute atomic E-state index is 0. The summed E-state index contributed by atoms with van der Waals surface area (Å²) >= 11 is 0. The summed E-state index contributed by atoms with van der Waals surface area (Å²) in [6, 6.07) is 9.17. The van der Waals surface area contributed by atoms with Gasteiger partial charge >= 0.3 is 0 Å². The van der Waals surface area contributed by atoms with Gasteiger partial charge in [-0.2, -0.15) is 0 Å². The van der Waals surface area contributed by atoms with E-state index in [-0.39, 0.29) is 42.1 Å². The van der Waals surface area contributed by atoms with E-state index in [4.69, 9.17) is 5.73 Å². The number of halogens is 1. The summed E-state index contributed by atoms with van der Waals surface area (Å²) in [6.07, 6.45) is 3.61. The number of amides is 1. The minimum Gasteiger partial charge on any atom is -0.349 e. The SMILES string of the molecule is CC(CN)(NC(=O)C1CCCN(S(=O)(=O)Cc2ccccc2)C1)C1CC1.Cl. The van der Waals surface area contributed by atoms with E-state index in [1.165, 1.54) is 4.31 Å². The quantitative estimate of drug-likeness (QED) is 0.711. The fourth-order valence-electron chi connectivity index (χ4n) is 3.71. The van der Waals surface area contributed by atoms with Gasteiger partial charge in [-0.15, -0.1) is 12.4 Å². The summed E-state index contributed by atoms with van der Waals surface area (Å²) in [5.74, 6) is 0.0476. The highest BCUT2D eigenvalue weighted by Gasteiger charge is 2.43. The second-order valence-corrected chi connectivity index (χ2v) is 9.79. The minimum atomic E-state index is -3.43. The van der Waals surface area contributed by atoms with Crippen LogP contribution < -0.4 is 11.1 Å². The molecule has 1 saturated heterocycles. The molecule has 1 aliphatic heterocycles. The second-order valence-electron chi connectivity index (χ2n) is 7.82. The topological polar surface area (TPSA) is 92.5 Å². The van der Waals surface area contributed by atoms with Gasteiger partial charge in [0.05, 0.1) is 17.2 Å². The number of carbonyl (C=O) groups excluding carboxylic acids is 1. The molecule has 0 radical (unpaired) electrons. The molecule has 0 bridgehead atoms. The van der Waals surface area contributed by atoms with Crippen molar-refractivity contribution in [2.24, 2.45) is 17.6 Å². The maximum atomic E-state index is 12.8. The normalized spacial score (nSPS) is 23.1. The Morgan fingerprint density at radius 1 is 1.26 bits per heavy atom. The molecule has 1 saturated carbocycles. The molecule has 3 N–H and O–H groups in total. The van der Waals surface area contributed by atoms with Crippen LogP contribution in [0.15, 0.2) is 30.3 Å². The van der Waals surface area contributed by atoms with Crippen molar-refractivity contribution in [3.63, 3.8) is 0 Å². The lowest BCUT2D eigenvalue weighted by Gasteiger charge is -2.35. The number of benzene rings is 1. The summed E-state index contributed by atoms with van der Waals surface area (Å²) in [7, 11) is -3.43. The molecule has 1 aromatic rings. The molecule has 2 unspecified atom stereocenters. The van der Waals surface area contributed by atoms with Crippen LogP contribution in [0.1, 0.15) is 38.2 Å². The number of hydrogen-bond donors (Lipinski definition) is 2. The summed E-state index contributed by atoms with van der Waals surface area (Å²) < 4.78 is 27.0. The first kappa shape index (κ1) is 22.1. The van der Waals surface area contributed by atoms with E-state index in [0.717, 1.165) is 18.4 Å². The lowest BCUT2D eigenvalue weighted by Crippen LogP contribution is -2.56. The highest BCUT2D eigenvalue weighted by atomic mass is 35.5. The zero-order valence-corrected chi connectivity index (χ0v) is 17.4. The van der Waals surface area contributed by atoms with Crippen molar-refractivity contribution in [1.82, 2.24) is 9.62 Å². The third-order valence-electron chi connectivity index (χ3n) is 5.65. The van der Waals surface area contributed by atoms with Gasteiger partial charge in [0.1, 0.15) is 0 Å². The van der Waals surface area contributed by atoms with E-state index in [2.05, 4.69) is 5.32 Å². The Morgan fingerprint density at radius 3 is 2.52 bits per heavy atom. The fraction of sp³-hybridized carbons (Fsp3) is 0.632. The molecule has 0 spiro atoms. The molecule has 1 heterocycles. The van der Waals surface area contributed by atoms with Crippen LogP contribution in [0, 0.1) is 11.8 Å². The van der Waals surface area contributed by atoms with Crippen LogP contribution in [-0.2, 0) is 20.6 Å². The Morgan fingerprint density at radius 2 is 1.93 bits per heavy atom. The first-order valence-electron chi connectivity index (χ1n) is 9.38. The van der Waals surface area contributed by atoms with E-state index in [0.29, 0.717) is 31.8 Å². The third kappa shape index (κ3) is 5.44. The molecule has 2 fully saturated rings. The molecular formula is C19H30ClN3O3S. The maximum absolute atomic E-state index is 12.8. The monoisotopic (exact) mass is 415 g/mol. The van der Waals surface area contributed by atoms with Gasteiger partial charge in [-0.1, -0.05) is 30.3 Å². The smallest absolute Gasteiger partial charge is 0.224 e. The van der Waals surface area contributed by atoms with Gasteiger partial charge < -0.3 is 11.1 Å². The summed E-state index contributed by atoms with van der Waals surface area (Å²) in [6.45, 7) is 3.14. The molecule has 27 heavy (non-hydrogen) atoms. The van der Waals surface area contributed by atoms with Gasteiger partial charge in [0.15, 0.2) is 0 Å². The van der Waals surface area contributed by atoms with Crippen LogP contribution in [-0.4, -0.2) is 43.8 Å². The Labute approximate surface area is 168 Å². The van der Waals surface area contributed by atoms with E-state index in [1.807, 2.05) is 37.3 Å². The number of nitrogens with one attached hydrogen (secondary N) is 1. The highest BCUT2D eigenvalue weighted by molar-refractivity contribution is 7.88. The van der Waals surface area contributed by atoms with Gasteiger partial charge in [0.2, 0.25) is 15.9 Å². The number of carbonyl (C=O) groups is 1. The van der Waals surface area contributed by atoms with Gasteiger partial charge in [-0.25, -0.2) is 12.7 Å². The van der Waals surface area contributed by atoms with Crippen LogP contribution in [0.5, 0.6) is 0 Å². The van der Waals surface area contributed by atoms with Crippen molar-refractivity contribution in [3.05, 3.63) is 35.9 Å². The van der Waals surface area contributed by atoms with Crippen molar-refractivity contribution in [3.8, 4) is 0 Å². The first-order chi connectivity index (χ1) is 12.3. The molecule has 3 rings (SSSR count). The lowest BCUT2D eigenvalue weighted by atomic mass is 9.92. The average molecular weight is 416 g/mol. The van der Waals surface area contributed by atoms with Crippen LogP contribution in [0.3, 0.4) is 0 Å². The van der Waals surface area contributed by atoms with Crippen LogP contribution in [0.25, 0.3) is 0 Å². The molecule has 6 nitrogen and oxygen atoms in total. The molecule has 8 heteroatoms. The van der Waals surface area contributed by atoms with Crippen molar-refractivity contribution in [2.75, 3.05) is 19.6 Å². The second kappa shape index (κ2) is 8.90. The van der Waals surface area contributed by atoms with Crippen LogP contribution in [0.4, 0.5) is 0 Å². The largest absolute Gasteiger partial charge is 0.349 e. The van der Waals surface area contributed by atoms with Gasteiger partial charge in [-0.3, -0.25) is 4.79 Å². The summed E-state index contributed by atoms with van der Waals surface area (Å²) in [5.41, 5.74) is 6.28. The Kier molecular flexibility index (Phi) is 7.30. The first-order valence-corrected chi connectivity index (χ1v) is 11.0. The number of hydrogen-bond acceptors (Lipinski definition) is 4. The van der Waals surface area contributed by atoms with E-state index >= 15 is 0 Å². The summed E-state index contributed by atoms with van der Waals surface area (Å²) in [5, 5.41) is 3.11. The van der Waals surface area contributed by atoms with Crippen molar-refractivity contribution in [2.45, 2.75) is 43.9 Å². The zero-order chi connectivity index (χ0) is 18.8. The molecule has 1 aliphatic carbocycles. The Hall–Kier alpha value is -1.15. The molecule has 152 valence electrons. The average Bonchev–Trinajstić information content (AvgIpc) is 3.48. The Bertz CT molecular complexity index is 740. The molecule has 1 amide bonds. The number of nitrogens with zero attached hydrogens (tertiary/aromatic N) is 1. The molecule has 2 aliphatic rings.